The van der Waals surface area contributed by atoms with E-state index in [0.717, 1.165) is 30.4 Å². The van der Waals surface area contributed by atoms with Crippen molar-refractivity contribution in [2.75, 3.05) is 39.5 Å². The van der Waals surface area contributed by atoms with Crippen LogP contribution < -0.4 is 14.2 Å². The van der Waals surface area contributed by atoms with Gasteiger partial charge in [-0.1, -0.05) is 0 Å². The second-order valence-electron chi connectivity index (χ2n) is 4.70. The Labute approximate surface area is 107 Å². The molecular formula is C14H19NO3. The quantitative estimate of drug-likeness (QED) is 0.816. The summed E-state index contributed by atoms with van der Waals surface area (Å²) in [5.74, 6) is 2.46. The number of nitrogens with zero attached hydrogens (tertiary/aromatic N) is 1. The molecule has 0 unspecified atom stereocenters. The first-order valence-electron chi connectivity index (χ1n) is 6.67. The molecule has 2 aliphatic heterocycles. The maximum absolute atomic E-state index is 5.76. The Kier molecular flexibility index (Phi) is 3.55. The van der Waals surface area contributed by atoms with Crippen molar-refractivity contribution in [2.24, 2.45) is 0 Å². The second-order valence-corrected chi connectivity index (χ2v) is 4.70. The zero-order valence-electron chi connectivity index (χ0n) is 10.6. The number of likely N-dealkylation sites (tertiary alicyclic amines) is 1. The zero-order chi connectivity index (χ0) is 12.2. The lowest BCUT2D eigenvalue weighted by atomic mass is 10.3. The van der Waals surface area contributed by atoms with Crippen LogP contribution in [-0.2, 0) is 0 Å². The van der Waals surface area contributed by atoms with Gasteiger partial charge < -0.3 is 14.2 Å². The molecular weight excluding hydrogens is 230 g/mol. The Balaban J connectivity index is 1.52. The number of rotatable bonds is 4. The third-order valence-electron chi connectivity index (χ3n) is 3.39. The largest absolute Gasteiger partial charge is 0.492 e. The van der Waals surface area contributed by atoms with Crippen molar-refractivity contribution in [2.45, 2.75) is 12.8 Å². The fourth-order valence-electron chi connectivity index (χ4n) is 2.41. The van der Waals surface area contributed by atoms with Gasteiger partial charge in [0.15, 0.2) is 11.5 Å². The summed E-state index contributed by atoms with van der Waals surface area (Å²) in [6, 6.07) is 5.77. The van der Waals surface area contributed by atoms with Crippen LogP contribution in [0.4, 0.5) is 0 Å². The molecule has 1 aromatic carbocycles. The number of ether oxygens (including phenoxy) is 3. The molecule has 0 radical (unpaired) electrons. The molecule has 1 saturated heterocycles. The minimum Gasteiger partial charge on any atom is -0.492 e. The Morgan fingerprint density at radius 1 is 1.06 bits per heavy atom. The van der Waals surface area contributed by atoms with E-state index in [1.165, 1.54) is 25.9 Å². The van der Waals surface area contributed by atoms with Crippen molar-refractivity contribution in [1.29, 1.82) is 0 Å². The van der Waals surface area contributed by atoms with Gasteiger partial charge in [-0.3, -0.25) is 4.90 Å². The molecule has 1 aromatic rings. The van der Waals surface area contributed by atoms with Gasteiger partial charge in [-0.15, -0.1) is 0 Å². The van der Waals surface area contributed by atoms with E-state index in [0.29, 0.717) is 13.2 Å². The number of benzene rings is 1. The minimum absolute atomic E-state index is 0.615. The highest BCUT2D eigenvalue weighted by Crippen LogP contribution is 2.33. The molecule has 0 N–H and O–H groups in total. The van der Waals surface area contributed by atoms with Gasteiger partial charge in [-0.05, 0) is 38.1 Å². The molecule has 0 aliphatic carbocycles. The molecule has 0 atom stereocenters. The van der Waals surface area contributed by atoms with Crippen LogP contribution in [0.15, 0.2) is 18.2 Å². The maximum atomic E-state index is 5.76. The van der Waals surface area contributed by atoms with Crippen LogP contribution in [0, 0.1) is 0 Å². The van der Waals surface area contributed by atoms with Crippen LogP contribution in [0.2, 0.25) is 0 Å². The third kappa shape index (κ3) is 2.70. The van der Waals surface area contributed by atoms with Gasteiger partial charge in [0.2, 0.25) is 0 Å². The lowest BCUT2D eigenvalue weighted by Crippen LogP contribution is -2.25. The van der Waals surface area contributed by atoms with Crippen LogP contribution in [0.1, 0.15) is 12.8 Å². The predicted octanol–water partition coefficient (Wildman–Crippen LogP) is 1.93. The predicted molar refractivity (Wildman–Crippen MR) is 68.6 cm³/mol. The van der Waals surface area contributed by atoms with E-state index in [1.807, 2.05) is 18.2 Å². The summed E-state index contributed by atoms with van der Waals surface area (Å²) in [4.78, 5) is 2.44. The summed E-state index contributed by atoms with van der Waals surface area (Å²) >= 11 is 0. The van der Waals surface area contributed by atoms with E-state index in [1.54, 1.807) is 0 Å². The summed E-state index contributed by atoms with van der Waals surface area (Å²) in [6.07, 6.45) is 2.65. The van der Waals surface area contributed by atoms with E-state index >= 15 is 0 Å². The van der Waals surface area contributed by atoms with E-state index in [4.69, 9.17) is 14.2 Å². The van der Waals surface area contributed by atoms with E-state index in [2.05, 4.69) is 4.90 Å². The van der Waals surface area contributed by atoms with Crippen LogP contribution in [-0.4, -0.2) is 44.4 Å². The average molecular weight is 249 g/mol. The highest BCUT2D eigenvalue weighted by Gasteiger charge is 2.13. The summed E-state index contributed by atoms with van der Waals surface area (Å²) < 4.78 is 16.8. The number of hydrogen-bond donors (Lipinski definition) is 0. The SMILES string of the molecule is c1cc2c(cc1OCCN1CCCC1)OCCO2. The highest BCUT2D eigenvalue weighted by atomic mass is 16.6. The molecule has 18 heavy (non-hydrogen) atoms. The molecule has 0 saturated carbocycles. The van der Waals surface area contributed by atoms with Crippen LogP contribution in [0.25, 0.3) is 0 Å². The first-order chi connectivity index (χ1) is 8.92. The molecule has 2 aliphatic rings. The molecule has 4 nitrogen and oxygen atoms in total. The topological polar surface area (TPSA) is 30.9 Å². The normalized spacial score (nSPS) is 18.9. The fourth-order valence-corrected chi connectivity index (χ4v) is 2.41. The lowest BCUT2D eigenvalue weighted by molar-refractivity contribution is 0.170. The van der Waals surface area contributed by atoms with E-state index in [-0.39, 0.29) is 0 Å². The van der Waals surface area contributed by atoms with Crippen molar-refractivity contribution in [3.8, 4) is 17.2 Å². The van der Waals surface area contributed by atoms with Crippen LogP contribution >= 0.6 is 0 Å². The number of fused-ring (bicyclic) bond motifs is 1. The van der Waals surface area contributed by atoms with E-state index in [9.17, 15) is 0 Å². The van der Waals surface area contributed by atoms with Gasteiger partial charge >= 0.3 is 0 Å². The fraction of sp³-hybridized carbons (Fsp3) is 0.571. The molecule has 2 heterocycles. The summed E-state index contributed by atoms with van der Waals surface area (Å²) in [7, 11) is 0. The Morgan fingerprint density at radius 2 is 1.83 bits per heavy atom. The van der Waals surface area contributed by atoms with Crippen LogP contribution in [0.5, 0.6) is 17.2 Å². The Bertz CT molecular complexity index is 402. The lowest BCUT2D eigenvalue weighted by Gasteiger charge is -2.19. The second kappa shape index (κ2) is 5.48. The van der Waals surface area contributed by atoms with Gasteiger partial charge in [-0.25, -0.2) is 0 Å². The van der Waals surface area contributed by atoms with Gasteiger partial charge in [0.05, 0.1) is 0 Å². The molecule has 98 valence electrons. The van der Waals surface area contributed by atoms with Gasteiger partial charge in [0, 0.05) is 12.6 Å². The van der Waals surface area contributed by atoms with Crippen molar-refractivity contribution in [1.82, 2.24) is 4.90 Å². The standard InChI is InChI=1S/C14H19NO3/c1-2-6-15(5-1)7-8-16-12-3-4-13-14(11-12)18-10-9-17-13/h3-4,11H,1-2,5-10H2. The summed E-state index contributed by atoms with van der Waals surface area (Å²) in [5, 5.41) is 0. The van der Waals surface area contributed by atoms with Crippen molar-refractivity contribution < 1.29 is 14.2 Å². The monoisotopic (exact) mass is 249 g/mol. The van der Waals surface area contributed by atoms with Crippen LogP contribution in [0.3, 0.4) is 0 Å². The maximum Gasteiger partial charge on any atom is 0.165 e. The van der Waals surface area contributed by atoms with E-state index < -0.39 is 0 Å². The average Bonchev–Trinajstić information content (AvgIpc) is 2.92. The molecule has 0 amide bonds. The zero-order valence-corrected chi connectivity index (χ0v) is 10.6. The summed E-state index contributed by atoms with van der Waals surface area (Å²) in [6.45, 7) is 5.41. The van der Waals surface area contributed by atoms with Crippen molar-refractivity contribution in [3.05, 3.63) is 18.2 Å². The van der Waals surface area contributed by atoms with Gasteiger partial charge in [-0.2, -0.15) is 0 Å². The molecule has 4 heteroatoms. The number of hydrogen-bond acceptors (Lipinski definition) is 4. The van der Waals surface area contributed by atoms with Crippen molar-refractivity contribution in [3.63, 3.8) is 0 Å². The van der Waals surface area contributed by atoms with Crippen molar-refractivity contribution >= 4 is 0 Å². The van der Waals surface area contributed by atoms with Gasteiger partial charge in [0.25, 0.3) is 0 Å². The smallest absolute Gasteiger partial charge is 0.165 e. The minimum atomic E-state index is 0.615. The first kappa shape index (κ1) is 11.7. The highest BCUT2D eigenvalue weighted by molar-refractivity contribution is 5.46. The Hall–Kier alpha value is -1.42. The molecule has 0 aromatic heterocycles. The summed E-state index contributed by atoms with van der Waals surface area (Å²) in [5.41, 5.74) is 0. The first-order valence-corrected chi connectivity index (χ1v) is 6.67. The molecule has 1 fully saturated rings. The third-order valence-corrected chi connectivity index (χ3v) is 3.39. The Morgan fingerprint density at radius 3 is 2.67 bits per heavy atom. The molecule has 0 bridgehead atoms. The molecule has 3 rings (SSSR count). The molecule has 0 spiro atoms. The van der Waals surface area contributed by atoms with Gasteiger partial charge in [0.1, 0.15) is 25.6 Å².